The highest BCUT2D eigenvalue weighted by Crippen LogP contribution is 2.17. The molecule has 0 saturated carbocycles. The SMILES string of the molecule is NC(=NO)c1ccnc(N2CCCSCC2)c1. The topological polar surface area (TPSA) is 74.7 Å². The summed E-state index contributed by atoms with van der Waals surface area (Å²) in [6.45, 7) is 2.01. The van der Waals surface area contributed by atoms with Crippen LogP contribution < -0.4 is 10.6 Å². The van der Waals surface area contributed by atoms with Gasteiger partial charge in [0.1, 0.15) is 5.82 Å². The van der Waals surface area contributed by atoms with Crippen LogP contribution in [0.2, 0.25) is 0 Å². The van der Waals surface area contributed by atoms with Crippen molar-refractivity contribution >= 4 is 23.4 Å². The fourth-order valence-electron chi connectivity index (χ4n) is 1.78. The zero-order valence-electron chi connectivity index (χ0n) is 9.54. The van der Waals surface area contributed by atoms with Gasteiger partial charge >= 0.3 is 0 Å². The monoisotopic (exact) mass is 252 g/mol. The van der Waals surface area contributed by atoms with Gasteiger partial charge in [0, 0.05) is 30.6 Å². The molecule has 1 aliphatic heterocycles. The van der Waals surface area contributed by atoms with Crippen molar-refractivity contribution in [3.05, 3.63) is 23.9 Å². The second kappa shape index (κ2) is 5.77. The van der Waals surface area contributed by atoms with E-state index in [0.717, 1.165) is 24.7 Å². The van der Waals surface area contributed by atoms with Crippen LogP contribution in [0.15, 0.2) is 23.5 Å². The Hall–Kier alpha value is -1.43. The van der Waals surface area contributed by atoms with Crippen LogP contribution in [0.5, 0.6) is 0 Å². The molecule has 0 atom stereocenters. The van der Waals surface area contributed by atoms with Crippen LogP contribution in [0.1, 0.15) is 12.0 Å². The van der Waals surface area contributed by atoms with E-state index in [1.54, 1.807) is 12.3 Å². The first kappa shape index (κ1) is 12.0. The molecular weight excluding hydrogens is 236 g/mol. The van der Waals surface area contributed by atoms with E-state index in [0.29, 0.717) is 5.56 Å². The minimum absolute atomic E-state index is 0.123. The number of anilines is 1. The summed E-state index contributed by atoms with van der Waals surface area (Å²) in [7, 11) is 0. The van der Waals surface area contributed by atoms with Gasteiger partial charge in [-0.15, -0.1) is 0 Å². The lowest BCUT2D eigenvalue weighted by atomic mass is 10.2. The molecule has 5 nitrogen and oxygen atoms in total. The molecule has 1 aromatic heterocycles. The van der Waals surface area contributed by atoms with E-state index < -0.39 is 0 Å². The van der Waals surface area contributed by atoms with E-state index >= 15 is 0 Å². The third-order valence-electron chi connectivity index (χ3n) is 2.70. The predicted octanol–water partition coefficient (Wildman–Crippen LogP) is 1.12. The maximum absolute atomic E-state index is 8.66. The number of pyridine rings is 1. The van der Waals surface area contributed by atoms with E-state index in [2.05, 4.69) is 15.0 Å². The lowest BCUT2D eigenvalue weighted by Gasteiger charge is -2.21. The second-order valence-corrected chi connectivity index (χ2v) is 5.07. The van der Waals surface area contributed by atoms with Crippen LogP contribution in [0, 0.1) is 0 Å². The number of nitrogens with zero attached hydrogens (tertiary/aromatic N) is 3. The minimum atomic E-state index is 0.123. The van der Waals surface area contributed by atoms with E-state index in [1.807, 2.05) is 17.8 Å². The molecule has 1 saturated heterocycles. The zero-order chi connectivity index (χ0) is 12.1. The number of thioether (sulfide) groups is 1. The molecule has 92 valence electrons. The first-order chi connectivity index (χ1) is 8.31. The normalized spacial score (nSPS) is 17.9. The molecule has 1 fully saturated rings. The first-order valence-corrected chi connectivity index (χ1v) is 6.73. The number of oxime groups is 1. The van der Waals surface area contributed by atoms with Gasteiger partial charge in [-0.3, -0.25) is 0 Å². The lowest BCUT2D eigenvalue weighted by Crippen LogP contribution is -2.27. The Labute approximate surface area is 105 Å². The Kier molecular flexibility index (Phi) is 4.08. The van der Waals surface area contributed by atoms with Crippen LogP contribution in [0.3, 0.4) is 0 Å². The highest BCUT2D eigenvalue weighted by Gasteiger charge is 2.12. The standard InChI is InChI=1S/C11H16N4OS/c12-11(14-16)9-2-3-13-10(8-9)15-4-1-6-17-7-5-15/h2-3,8,16H,1,4-7H2,(H2,12,14). The van der Waals surface area contributed by atoms with Crippen molar-refractivity contribution in [1.29, 1.82) is 0 Å². The molecule has 0 aliphatic carbocycles. The fraction of sp³-hybridized carbons (Fsp3) is 0.455. The summed E-state index contributed by atoms with van der Waals surface area (Å²) >= 11 is 1.97. The van der Waals surface area contributed by atoms with Gasteiger partial charge in [-0.1, -0.05) is 5.16 Å². The average molecular weight is 252 g/mol. The van der Waals surface area contributed by atoms with Gasteiger partial charge in [0.2, 0.25) is 0 Å². The summed E-state index contributed by atoms with van der Waals surface area (Å²) < 4.78 is 0. The van der Waals surface area contributed by atoms with Crippen molar-refractivity contribution < 1.29 is 5.21 Å². The number of amidine groups is 1. The summed E-state index contributed by atoms with van der Waals surface area (Å²) in [4.78, 5) is 6.59. The van der Waals surface area contributed by atoms with Crippen LogP contribution in [-0.2, 0) is 0 Å². The maximum Gasteiger partial charge on any atom is 0.170 e. The van der Waals surface area contributed by atoms with E-state index in [9.17, 15) is 0 Å². The second-order valence-electron chi connectivity index (χ2n) is 3.84. The van der Waals surface area contributed by atoms with Gasteiger partial charge in [-0.25, -0.2) is 4.98 Å². The summed E-state index contributed by atoms with van der Waals surface area (Å²) in [5.74, 6) is 3.35. The van der Waals surface area contributed by atoms with Crippen molar-refractivity contribution in [2.75, 3.05) is 29.5 Å². The van der Waals surface area contributed by atoms with Crippen LogP contribution in [0.25, 0.3) is 0 Å². The van der Waals surface area contributed by atoms with Gasteiger partial charge in [0.15, 0.2) is 5.84 Å². The van der Waals surface area contributed by atoms with Crippen molar-refractivity contribution in [2.24, 2.45) is 10.9 Å². The first-order valence-electron chi connectivity index (χ1n) is 5.58. The Morgan fingerprint density at radius 2 is 2.35 bits per heavy atom. The van der Waals surface area contributed by atoms with Crippen LogP contribution in [0.4, 0.5) is 5.82 Å². The summed E-state index contributed by atoms with van der Waals surface area (Å²) in [6.07, 6.45) is 2.86. The highest BCUT2D eigenvalue weighted by molar-refractivity contribution is 7.99. The number of hydrogen-bond donors (Lipinski definition) is 2. The molecule has 2 rings (SSSR count). The van der Waals surface area contributed by atoms with E-state index in [1.165, 1.54) is 12.2 Å². The van der Waals surface area contributed by atoms with Gasteiger partial charge in [-0.05, 0) is 24.3 Å². The Balaban J connectivity index is 2.19. The van der Waals surface area contributed by atoms with E-state index in [-0.39, 0.29) is 5.84 Å². The largest absolute Gasteiger partial charge is 0.409 e. The molecule has 17 heavy (non-hydrogen) atoms. The lowest BCUT2D eigenvalue weighted by molar-refractivity contribution is 0.318. The molecule has 6 heteroatoms. The minimum Gasteiger partial charge on any atom is -0.409 e. The third kappa shape index (κ3) is 3.03. The molecule has 0 bridgehead atoms. The van der Waals surface area contributed by atoms with Gasteiger partial charge in [0.25, 0.3) is 0 Å². The van der Waals surface area contributed by atoms with Gasteiger partial charge in [-0.2, -0.15) is 11.8 Å². The van der Waals surface area contributed by atoms with Gasteiger partial charge < -0.3 is 15.8 Å². The smallest absolute Gasteiger partial charge is 0.170 e. The zero-order valence-corrected chi connectivity index (χ0v) is 10.4. The number of hydrogen-bond acceptors (Lipinski definition) is 5. The Morgan fingerprint density at radius 3 is 3.18 bits per heavy atom. The molecule has 0 unspecified atom stereocenters. The molecule has 3 N–H and O–H groups in total. The van der Waals surface area contributed by atoms with Crippen LogP contribution in [-0.4, -0.2) is 40.6 Å². The van der Waals surface area contributed by atoms with Crippen molar-refractivity contribution in [3.8, 4) is 0 Å². The maximum atomic E-state index is 8.66. The molecule has 0 amide bonds. The summed E-state index contributed by atoms with van der Waals surface area (Å²) in [5.41, 5.74) is 6.28. The third-order valence-corrected chi connectivity index (χ3v) is 3.74. The fourth-order valence-corrected chi connectivity index (χ4v) is 2.67. The van der Waals surface area contributed by atoms with Crippen molar-refractivity contribution in [1.82, 2.24) is 4.98 Å². The molecule has 1 aliphatic rings. The summed E-state index contributed by atoms with van der Waals surface area (Å²) in [5, 5.41) is 11.7. The Morgan fingerprint density at radius 1 is 1.47 bits per heavy atom. The van der Waals surface area contributed by atoms with Crippen LogP contribution >= 0.6 is 11.8 Å². The number of rotatable bonds is 2. The number of aromatic nitrogens is 1. The Bertz CT molecular complexity index is 402. The average Bonchev–Trinajstić information content (AvgIpc) is 2.67. The van der Waals surface area contributed by atoms with Gasteiger partial charge in [0.05, 0.1) is 0 Å². The molecule has 0 aromatic carbocycles. The molecule has 0 spiro atoms. The summed E-state index contributed by atoms with van der Waals surface area (Å²) in [6, 6.07) is 3.61. The van der Waals surface area contributed by atoms with E-state index in [4.69, 9.17) is 10.9 Å². The van der Waals surface area contributed by atoms with Crippen molar-refractivity contribution in [3.63, 3.8) is 0 Å². The predicted molar refractivity (Wildman–Crippen MR) is 70.9 cm³/mol. The van der Waals surface area contributed by atoms with Crippen molar-refractivity contribution in [2.45, 2.75) is 6.42 Å². The molecular formula is C11H16N4OS. The molecule has 1 aromatic rings. The number of nitrogens with two attached hydrogens (primary N) is 1. The highest BCUT2D eigenvalue weighted by atomic mass is 32.2. The molecule has 0 radical (unpaired) electrons. The quantitative estimate of drug-likeness (QED) is 0.357. The molecule has 2 heterocycles.